The summed E-state index contributed by atoms with van der Waals surface area (Å²) >= 11 is 0. The van der Waals surface area contributed by atoms with Crippen LogP contribution in [0.1, 0.15) is 25.3 Å². The van der Waals surface area contributed by atoms with Crippen molar-refractivity contribution in [2.45, 2.75) is 32.2 Å². The van der Waals surface area contributed by atoms with Crippen LogP contribution in [0, 0.1) is 5.92 Å². The molecule has 3 heterocycles. The van der Waals surface area contributed by atoms with Crippen molar-refractivity contribution in [1.82, 2.24) is 20.1 Å². The number of rotatable bonds is 7. The maximum atomic E-state index is 12.9. The van der Waals surface area contributed by atoms with E-state index < -0.39 is 0 Å². The van der Waals surface area contributed by atoms with E-state index in [1.807, 2.05) is 53.6 Å². The Morgan fingerprint density at radius 1 is 1.03 bits per heavy atom. The second-order valence-corrected chi connectivity index (χ2v) is 9.23. The van der Waals surface area contributed by atoms with Crippen LogP contribution in [0.25, 0.3) is 0 Å². The fourth-order valence-corrected chi connectivity index (χ4v) is 4.79. The van der Waals surface area contributed by atoms with Crippen LogP contribution in [0.4, 0.5) is 5.82 Å². The number of benzene rings is 1. The van der Waals surface area contributed by atoms with Gasteiger partial charge in [-0.05, 0) is 37.5 Å². The number of hydrogen-bond donors (Lipinski definition) is 1. The zero-order chi connectivity index (χ0) is 23.0. The average Bonchev–Trinajstić information content (AvgIpc) is 2.85. The first-order valence-electron chi connectivity index (χ1n) is 12.1. The molecule has 2 atom stereocenters. The number of likely N-dealkylation sites (tertiary alicyclic amines) is 1. The molecule has 0 radical (unpaired) electrons. The Morgan fingerprint density at radius 2 is 1.79 bits per heavy atom. The number of piperidine rings is 1. The monoisotopic (exact) mass is 449 g/mol. The number of pyridine rings is 1. The van der Waals surface area contributed by atoms with Gasteiger partial charge in [0, 0.05) is 58.1 Å². The maximum Gasteiger partial charge on any atom is 0.227 e. The van der Waals surface area contributed by atoms with Crippen LogP contribution in [0.2, 0.25) is 0 Å². The molecule has 176 valence electrons. The van der Waals surface area contributed by atoms with Gasteiger partial charge in [-0.1, -0.05) is 36.4 Å². The molecule has 2 aliphatic heterocycles. The maximum absolute atomic E-state index is 12.9. The van der Waals surface area contributed by atoms with E-state index in [-0.39, 0.29) is 23.8 Å². The lowest BCUT2D eigenvalue weighted by Gasteiger charge is -2.37. The third kappa shape index (κ3) is 6.54. The molecular formula is C26H35N5O2. The number of hydrogen-bond acceptors (Lipinski definition) is 5. The van der Waals surface area contributed by atoms with Crippen molar-refractivity contribution >= 4 is 17.6 Å². The lowest BCUT2D eigenvalue weighted by atomic mass is 9.96. The normalized spacial score (nSPS) is 20.3. The molecule has 2 amide bonds. The largest absolute Gasteiger partial charge is 0.354 e. The quantitative estimate of drug-likeness (QED) is 0.702. The first kappa shape index (κ1) is 23.2. The van der Waals surface area contributed by atoms with Crippen LogP contribution in [-0.4, -0.2) is 78.5 Å². The number of anilines is 1. The number of nitrogens with one attached hydrogen (secondary N) is 1. The molecule has 0 bridgehead atoms. The van der Waals surface area contributed by atoms with Crippen LogP contribution >= 0.6 is 0 Å². The number of aromatic nitrogens is 1. The van der Waals surface area contributed by atoms with Gasteiger partial charge in [0.1, 0.15) is 5.82 Å². The number of amides is 2. The van der Waals surface area contributed by atoms with Gasteiger partial charge >= 0.3 is 0 Å². The molecule has 4 rings (SSSR count). The van der Waals surface area contributed by atoms with Crippen molar-refractivity contribution in [3.63, 3.8) is 0 Å². The molecule has 1 N–H and O–H groups in total. The van der Waals surface area contributed by atoms with Gasteiger partial charge in [0.2, 0.25) is 11.8 Å². The molecule has 2 saturated heterocycles. The van der Waals surface area contributed by atoms with Gasteiger partial charge in [0.25, 0.3) is 0 Å². The summed E-state index contributed by atoms with van der Waals surface area (Å²) in [5.41, 5.74) is 1.02. The molecule has 2 aliphatic rings. The molecule has 0 aliphatic carbocycles. The Balaban J connectivity index is 1.20. The van der Waals surface area contributed by atoms with Crippen molar-refractivity contribution < 1.29 is 9.59 Å². The summed E-state index contributed by atoms with van der Waals surface area (Å²) in [6, 6.07) is 15.9. The average molecular weight is 450 g/mol. The SMILES string of the molecule is CC(CN1CCN(c2ccccn2)CC1)NC(=O)C1CCCN(C(=O)Cc2ccccc2)C1. The Bertz CT molecular complexity index is 899. The van der Waals surface area contributed by atoms with Gasteiger partial charge in [0.05, 0.1) is 12.3 Å². The predicted molar refractivity (Wildman–Crippen MR) is 130 cm³/mol. The van der Waals surface area contributed by atoms with E-state index in [2.05, 4.69) is 33.1 Å². The van der Waals surface area contributed by atoms with Gasteiger partial charge in [-0.2, -0.15) is 0 Å². The molecule has 0 spiro atoms. The van der Waals surface area contributed by atoms with E-state index in [0.29, 0.717) is 13.0 Å². The summed E-state index contributed by atoms with van der Waals surface area (Å²) < 4.78 is 0. The van der Waals surface area contributed by atoms with Crippen LogP contribution < -0.4 is 10.2 Å². The van der Waals surface area contributed by atoms with Gasteiger partial charge in [-0.25, -0.2) is 4.98 Å². The highest BCUT2D eigenvalue weighted by Gasteiger charge is 2.29. The standard InChI is InChI=1S/C26H35N5O2/c1-21(19-29-14-16-30(17-15-29)24-11-5-6-12-27-24)28-26(33)23-10-7-13-31(20-23)25(32)18-22-8-3-2-4-9-22/h2-6,8-9,11-12,21,23H,7,10,13-20H2,1H3,(H,28,33). The predicted octanol–water partition coefficient (Wildman–Crippen LogP) is 2.19. The fourth-order valence-electron chi connectivity index (χ4n) is 4.79. The van der Waals surface area contributed by atoms with Gasteiger partial charge in [0.15, 0.2) is 0 Å². The molecule has 2 unspecified atom stereocenters. The Morgan fingerprint density at radius 3 is 2.52 bits per heavy atom. The first-order valence-corrected chi connectivity index (χ1v) is 12.1. The summed E-state index contributed by atoms with van der Waals surface area (Å²) in [5, 5.41) is 3.20. The summed E-state index contributed by atoms with van der Waals surface area (Å²) in [7, 11) is 0. The van der Waals surface area contributed by atoms with E-state index in [0.717, 1.165) is 63.5 Å². The Labute approximate surface area is 196 Å². The van der Waals surface area contributed by atoms with Crippen LogP contribution in [0.5, 0.6) is 0 Å². The summed E-state index contributed by atoms with van der Waals surface area (Å²) in [6.07, 6.45) is 3.95. The highest BCUT2D eigenvalue weighted by molar-refractivity contribution is 5.82. The van der Waals surface area contributed by atoms with E-state index in [1.165, 1.54) is 0 Å². The number of carbonyl (C=O) groups excluding carboxylic acids is 2. The number of carbonyl (C=O) groups is 2. The summed E-state index contributed by atoms with van der Waals surface area (Å²) in [5.74, 6) is 1.09. The lowest BCUT2D eigenvalue weighted by molar-refractivity contribution is -0.135. The molecule has 1 aromatic heterocycles. The minimum Gasteiger partial charge on any atom is -0.354 e. The molecule has 7 heteroatoms. The highest BCUT2D eigenvalue weighted by Crippen LogP contribution is 2.18. The van der Waals surface area contributed by atoms with Gasteiger partial charge in [-0.3, -0.25) is 14.5 Å². The third-order valence-corrected chi connectivity index (χ3v) is 6.61. The zero-order valence-corrected chi connectivity index (χ0v) is 19.5. The summed E-state index contributed by atoms with van der Waals surface area (Å²) in [6.45, 7) is 7.98. The minimum atomic E-state index is -0.123. The van der Waals surface area contributed by atoms with Crippen molar-refractivity contribution in [2.75, 3.05) is 50.7 Å². The second-order valence-electron chi connectivity index (χ2n) is 9.23. The molecule has 2 fully saturated rings. The van der Waals surface area contributed by atoms with Crippen LogP contribution in [-0.2, 0) is 16.0 Å². The van der Waals surface area contributed by atoms with Crippen LogP contribution in [0.15, 0.2) is 54.7 Å². The van der Waals surface area contributed by atoms with E-state index in [1.54, 1.807) is 0 Å². The van der Waals surface area contributed by atoms with Crippen molar-refractivity contribution in [3.8, 4) is 0 Å². The molecule has 33 heavy (non-hydrogen) atoms. The van der Waals surface area contributed by atoms with Gasteiger partial charge in [-0.15, -0.1) is 0 Å². The molecular weight excluding hydrogens is 414 g/mol. The molecule has 0 saturated carbocycles. The van der Waals surface area contributed by atoms with Crippen molar-refractivity contribution in [1.29, 1.82) is 0 Å². The highest BCUT2D eigenvalue weighted by atomic mass is 16.2. The Hall–Kier alpha value is -2.93. The van der Waals surface area contributed by atoms with Crippen LogP contribution in [0.3, 0.4) is 0 Å². The third-order valence-electron chi connectivity index (χ3n) is 6.61. The lowest BCUT2D eigenvalue weighted by Crippen LogP contribution is -2.52. The first-order chi connectivity index (χ1) is 16.1. The van der Waals surface area contributed by atoms with Crippen molar-refractivity contribution in [2.24, 2.45) is 5.92 Å². The van der Waals surface area contributed by atoms with E-state index in [9.17, 15) is 9.59 Å². The topological polar surface area (TPSA) is 68.8 Å². The minimum absolute atomic E-state index is 0.0758. The van der Waals surface area contributed by atoms with E-state index >= 15 is 0 Å². The van der Waals surface area contributed by atoms with Crippen molar-refractivity contribution in [3.05, 3.63) is 60.3 Å². The number of nitrogens with zero attached hydrogens (tertiary/aromatic N) is 4. The fraction of sp³-hybridized carbons (Fsp3) is 0.500. The van der Waals surface area contributed by atoms with Gasteiger partial charge < -0.3 is 15.1 Å². The zero-order valence-electron chi connectivity index (χ0n) is 19.5. The second kappa shape index (κ2) is 11.3. The molecule has 1 aromatic carbocycles. The Kier molecular flexibility index (Phi) is 7.94. The smallest absolute Gasteiger partial charge is 0.227 e. The number of piperazine rings is 1. The molecule has 7 nitrogen and oxygen atoms in total. The summed E-state index contributed by atoms with van der Waals surface area (Å²) in [4.78, 5) is 36.7. The molecule has 2 aromatic rings. The van der Waals surface area contributed by atoms with E-state index in [4.69, 9.17) is 0 Å².